The van der Waals surface area contributed by atoms with Crippen molar-refractivity contribution in [3.05, 3.63) is 48.0 Å². The van der Waals surface area contributed by atoms with Crippen molar-refractivity contribution in [3.63, 3.8) is 0 Å². The first-order valence-electron chi connectivity index (χ1n) is 8.18. The van der Waals surface area contributed by atoms with Crippen LogP contribution in [0.3, 0.4) is 0 Å². The number of para-hydroxylation sites is 1. The Labute approximate surface area is 145 Å². The van der Waals surface area contributed by atoms with Gasteiger partial charge in [-0.25, -0.2) is 0 Å². The Kier molecular flexibility index (Phi) is 4.24. The van der Waals surface area contributed by atoms with Gasteiger partial charge in [-0.05, 0) is 22.6 Å². The lowest BCUT2D eigenvalue weighted by Crippen LogP contribution is -2.24. The summed E-state index contributed by atoms with van der Waals surface area (Å²) in [5.41, 5.74) is 1.91. The van der Waals surface area contributed by atoms with Gasteiger partial charge in [0.05, 0.1) is 24.0 Å². The standard InChI is InChI=1S/C16H20N8O/c1-22-9-14(17-20-22)13-8-23(10-15(13)25-2)11-16-18-19-21-24(16)12-6-4-3-5-7-12/h3-7,9,13,15H,8,10-11H2,1-2H3/t13-,15+/m0/s1. The van der Waals surface area contributed by atoms with Crippen molar-refractivity contribution >= 4 is 0 Å². The van der Waals surface area contributed by atoms with Crippen LogP contribution >= 0.6 is 0 Å². The van der Waals surface area contributed by atoms with E-state index in [1.165, 1.54) is 0 Å². The summed E-state index contributed by atoms with van der Waals surface area (Å²) in [6, 6.07) is 9.90. The van der Waals surface area contributed by atoms with Gasteiger partial charge in [0.15, 0.2) is 5.82 Å². The zero-order valence-electron chi connectivity index (χ0n) is 14.2. The van der Waals surface area contributed by atoms with Crippen LogP contribution in [-0.4, -0.2) is 66.4 Å². The van der Waals surface area contributed by atoms with Gasteiger partial charge in [0, 0.05) is 39.4 Å². The molecule has 3 heterocycles. The third-order valence-electron chi connectivity index (χ3n) is 4.54. The van der Waals surface area contributed by atoms with Gasteiger partial charge in [0.2, 0.25) is 0 Å². The second-order valence-electron chi connectivity index (χ2n) is 6.23. The molecule has 0 unspecified atom stereocenters. The molecular weight excluding hydrogens is 320 g/mol. The molecule has 1 aliphatic rings. The van der Waals surface area contributed by atoms with Gasteiger partial charge < -0.3 is 4.74 Å². The van der Waals surface area contributed by atoms with Gasteiger partial charge in [-0.2, -0.15) is 4.68 Å². The SMILES string of the molecule is CO[C@@H]1CN(Cc2nnnn2-c2ccccc2)C[C@H]1c1cn(C)nn1. The highest BCUT2D eigenvalue weighted by Crippen LogP contribution is 2.29. The van der Waals surface area contributed by atoms with Crippen molar-refractivity contribution < 1.29 is 4.74 Å². The Bertz CT molecular complexity index is 830. The second-order valence-corrected chi connectivity index (χ2v) is 6.23. The molecule has 0 bridgehead atoms. The van der Waals surface area contributed by atoms with Crippen LogP contribution in [0.25, 0.3) is 5.69 Å². The Morgan fingerprint density at radius 3 is 2.68 bits per heavy atom. The van der Waals surface area contributed by atoms with Crippen molar-refractivity contribution in [2.24, 2.45) is 7.05 Å². The average molecular weight is 340 g/mol. The number of tetrazole rings is 1. The smallest absolute Gasteiger partial charge is 0.170 e. The molecule has 9 nitrogen and oxygen atoms in total. The fourth-order valence-corrected chi connectivity index (χ4v) is 3.31. The lowest BCUT2D eigenvalue weighted by Gasteiger charge is -2.14. The van der Waals surface area contributed by atoms with E-state index in [-0.39, 0.29) is 12.0 Å². The highest BCUT2D eigenvalue weighted by molar-refractivity contribution is 5.30. The molecule has 2 atom stereocenters. The summed E-state index contributed by atoms with van der Waals surface area (Å²) in [4.78, 5) is 2.29. The van der Waals surface area contributed by atoms with Gasteiger partial charge in [-0.1, -0.05) is 23.4 Å². The van der Waals surface area contributed by atoms with Crippen molar-refractivity contribution in [2.75, 3.05) is 20.2 Å². The molecule has 0 saturated carbocycles. The first kappa shape index (κ1) is 15.9. The first-order valence-corrected chi connectivity index (χ1v) is 8.18. The number of hydrogen-bond donors (Lipinski definition) is 0. The van der Waals surface area contributed by atoms with E-state index in [4.69, 9.17) is 4.74 Å². The van der Waals surface area contributed by atoms with Crippen LogP contribution in [0.1, 0.15) is 17.4 Å². The minimum absolute atomic E-state index is 0.0813. The number of methoxy groups -OCH3 is 1. The number of ether oxygens (including phenoxy) is 1. The van der Waals surface area contributed by atoms with Crippen molar-refractivity contribution in [3.8, 4) is 5.69 Å². The van der Waals surface area contributed by atoms with Gasteiger partial charge in [0.1, 0.15) is 0 Å². The Balaban J connectivity index is 1.52. The number of hydrogen-bond acceptors (Lipinski definition) is 7. The van der Waals surface area contributed by atoms with E-state index in [1.807, 2.05) is 43.6 Å². The second kappa shape index (κ2) is 6.69. The third kappa shape index (κ3) is 3.15. The first-order chi connectivity index (χ1) is 12.2. The molecule has 1 aliphatic heterocycles. The molecular formula is C16H20N8O. The minimum Gasteiger partial charge on any atom is -0.379 e. The largest absolute Gasteiger partial charge is 0.379 e. The highest BCUT2D eigenvalue weighted by atomic mass is 16.5. The van der Waals surface area contributed by atoms with Crippen molar-refractivity contribution in [1.29, 1.82) is 0 Å². The molecule has 3 aromatic rings. The lowest BCUT2D eigenvalue weighted by molar-refractivity contribution is 0.0954. The van der Waals surface area contributed by atoms with Crippen LogP contribution in [0.4, 0.5) is 0 Å². The molecule has 1 fully saturated rings. The van der Waals surface area contributed by atoms with Crippen LogP contribution in [-0.2, 0) is 18.3 Å². The van der Waals surface area contributed by atoms with Crippen LogP contribution in [0.2, 0.25) is 0 Å². The number of nitrogens with zero attached hydrogens (tertiary/aromatic N) is 8. The van der Waals surface area contributed by atoms with Crippen LogP contribution < -0.4 is 0 Å². The van der Waals surface area contributed by atoms with Crippen LogP contribution in [0.15, 0.2) is 36.5 Å². The summed E-state index contributed by atoms with van der Waals surface area (Å²) < 4.78 is 9.17. The maximum atomic E-state index is 5.67. The zero-order chi connectivity index (χ0) is 17.2. The normalized spacial score (nSPS) is 21.0. The Hall–Kier alpha value is -2.65. The molecule has 0 spiro atoms. The van der Waals surface area contributed by atoms with E-state index >= 15 is 0 Å². The molecule has 0 N–H and O–H groups in total. The summed E-state index contributed by atoms with van der Waals surface area (Å²) in [7, 11) is 3.62. The van der Waals surface area contributed by atoms with E-state index in [9.17, 15) is 0 Å². The molecule has 2 aromatic heterocycles. The fraction of sp³-hybridized carbons (Fsp3) is 0.438. The molecule has 0 aliphatic carbocycles. The Morgan fingerprint density at radius 1 is 1.12 bits per heavy atom. The van der Waals surface area contributed by atoms with E-state index in [0.717, 1.165) is 30.3 Å². The highest BCUT2D eigenvalue weighted by Gasteiger charge is 2.36. The monoisotopic (exact) mass is 340 g/mol. The van der Waals surface area contributed by atoms with E-state index in [2.05, 4.69) is 30.7 Å². The van der Waals surface area contributed by atoms with Crippen LogP contribution in [0.5, 0.6) is 0 Å². The third-order valence-corrected chi connectivity index (χ3v) is 4.54. The summed E-state index contributed by atoms with van der Waals surface area (Å²) in [5.74, 6) is 1.00. The molecule has 4 rings (SSSR count). The average Bonchev–Trinajstić information content (AvgIpc) is 3.35. The van der Waals surface area contributed by atoms with Gasteiger partial charge in [-0.15, -0.1) is 10.2 Å². The maximum absolute atomic E-state index is 5.67. The topological polar surface area (TPSA) is 86.8 Å². The summed E-state index contributed by atoms with van der Waals surface area (Å²) in [6.45, 7) is 2.29. The molecule has 0 amide bonds. The number of aryl methyl sites for hydroxylation is 1. The molecule has 130 valence electrons. The predicted molar refractivity (Wildman–Crippen MR) is 89.0 cm³/mol. The van der Waals surface area contributed by atoms with Crippen LogP contribution in [0, 0.1) is 0 Å². The summed E-state index contributed by atoms with van der Waals surface area (Å²) in [5, 5.41) is 20.4. The summed E-state index contributed by atoms with van der Waals surface area (Å²) in [6.07, 6.45) is 2.03. The quantitative estimate of drug-likeness (QED) is 0.664. The zero-order valence-corrected chi connectivity index (χ0v) is 14.2. The molecule has 1 aromatic carbocycles. The number of aromatic nitrogens is 7. The molecule has 0 radical (unpaired) electrons. The van der Waals surface area contributed by atoms with Gasteiger partial charge in [-0.3, -0.25) is 9.58 Å². The van der Waals surface area contributed by atoms with Crippen molar-refractivity contribution in [1.82, 2.24) is 40.1 Å². The van der Waals surface area contributed by atoms with Crippen molar-refractivity contribution in [2.45, 2.75) is 18.6 Å². The summed E-state index contributed by atoms with van der Waals surface area (Å²) >= 11 is 0. The minimum atomic E-state index is 0.0813. The Morgan fingerprint density at radius 2 is 1.96 bits per heavy atom. The van der Waals surface area contributed by atoms with Gasteiger partial charge >= 0.3 is 0 Å². The number of likely N-dealkylation sites (tertiary alicyclic amines) is 1. The predicted octanol–water partition coefficient (Wildman–Crippen LogP) is 0.405. The number of benzene rings is 1. The molecule has 9 heteroatoms. The number of rotatable bonds is 5. The lowest BCUT2D eigenvalue weighted by atomic mass is 10.0. The molecule has 25 heavy (non-hydrogen) atoms. The van der Waals surface area contributed by atoms with Gasteiger partial charge in [0.25, 0.3) is 0 Å². The molecule has 1 saturated heterocycles. The maximum Gasteiger partial charge on any atom is 0.170 e. The van der Waals surface area contributed by atoms with E-state index < -0.39 is 0 Å². The van der Waals surface area contributed by atoms with E-state index in [1.54, 1.807) is 16.5 Å². The fourth-order valence-electron chi connectivity index (χ4n) is 3.31. The van der Waals surface area contributed by atoms with E-state index in [0.29, 0.717) is 6.54 Å².